The molecule has 1 heterocycles. The van der Waals surface area contributed by atoms with Crippen LogP contribution in [-0.2, 0) is 17.5 Å². The largest absolute Gasteiger partial charge is 0.477 e. The predicted octanol–water partition coefficient (Wildman–Crippen LogP) is 4.96. The zero-order chi connectivity index (χ0) is 24.5. The third-order valence-corrected chi connectivity index (χ3v) is 7.00. The van der Waals surface area contributed by atoms with Crippen LogP contribution in [0.15, 0.2) is 95.9 Å². The number of carboxylic acid groups (broad SMARTS) is 1. The fraction of sp³-hybridized carbons (Fsp3) is 0.0370. The summed E-state index contributed by atoms with van der Waals surface area (Å²) in [7, 11) is -1.46. The fourth-order valence-electron chi connectivity index (χ4n) is 4.23. The lowest BCUT2D eigenvalue weighted by Crippen LogP contribution is -2.12. The molecule has 0 amide bonds. The standard InChI is InChI=1S/C27H22N4O3S/c28-26(29)19-11-10-18-14-25(27(32)33)31(24(18)15-19)16-20-13-21(12-17-6-4-5-9-23(17)20)30-35(34)22-7-2-1-3-8-22/h1-15,30H,16H2,(H3,28,29)(H,32,33). The quantitative estimate of drug-likeness (QED) is 0.193. The maximum atomic E-state index is 12.9. The van der Waals surface area contributed by atoms with E-state index in [1.54, 1.807) is 41.0 Å². The van der Waals surface area contributed by atoms with Crippen LogP contribution in [0.25, 0.3) is 21.7 Å². The fourth-order valence-corrected chi connectivity index (χ4v) is 5.08. The number of rotatable bonds is 7. The number of nitrogens with one attached hydrogen (secondary N) is 2. The number of amidine groups is 1. The Kier molecular flexibility index (Phi) is 5.80. The van der Waals surface area contributed by atoms with E-state index in [1.807, 2.05) is 54.6 Å². The summed E-state index contributed by atoms with van der Waals surface area (Å²) in [6.45, 7) is 0.264. The number of nitrogens with zero attached hydrogens (tertiary/aromatic N) is 1. The molecule has 7 nitrogen and oxygen atoms in total. The van der Waals surface area contributed by atoms with E-state index in [4.69, 9.17) is 11.1 Å². The second-order valence-corrected chi connectivity index (χ2v) is 9.36. The second kappa shape index (κ2) is 9.08. The highest BCUT2D eigenvalue weighted by atomic mass is 32.2. The van der Waals surface area contributed by atoms with E-state index in [2.05, 4.69) is 4.72 Å². The Morgan fingerprint density at radius 1 is 0.943 bits per heavy atom. The minimum atomic E-state index is -1.46. The molecule has 0 spiro atoms. The molecule has 1 unspecified atom stereocenters. The topological polar surface area (TPSA) is 121 Å². The summed E-state index contributed by atoms with van der Waals surface area (Å²) in [6.07, 6.45) is 0. The van der Waals surface area contributed by atoms with E-state index in [1.165, 1.54) is 0 Å². The number of fused-ring (bicyclic) bond motifs is 2. The number of aromatic carboxylic acids is 1. The molecule has 0 bridgehead atoms. The molecule has 0 aliphatic heterocycles. The molecule has 174 valence electrons. The average Bonchev–Trinajstić information content (AvgIpc) is 3.22. The van der Waals surface area contributed by atoms with Crippen LogP contribution < -0.4 is 10.5 Å². The van der Waals surface area contributed by atoms with Crippen LogP contribution in [0.1, 0.15) is 21.6 Å². The van der Waals surface area contributed by atoms with Gasteiger partial charge in [-0.1, -0.05) is 54.6 Å². The van der Waals surface area contributed by atoms with E-state index in [9.17, 15) is 14.1 Å². The number of nitrogens with two attached hydrogens (primary N) is 1. The van der Waals surface area contributed by atoms with Gasteiger partial charge >= 0.3 is 5.97 Å². The van der Waals surface area contributed by atoms with Crippen LogP contribution in [0.5, 0.6) is 0 Å². The number of aromatic nitrogens is 1. The van der Waals surface area contributed by atoms with Crippen LogP contribution in [0.4, 0.5) is 5.69 Å². The Balaban J connectivity index is 1.63. The number of anilines is 1. The summed E-state index contributed by atoms with van der Waals surface area (Å²) in [4.78, 5) is 12.7. The molecule has 1 atom stereocenters. The zero-order valence-electron chi connectivity index (χ0n) is 18.6. The molecule has 4 aromatic carbocycles. The molecule has 8 heteroatoms. The first-order chi connectivity index (χ1) is 16.9. The van der Waals surface area contributed by atoms with E-state index in [0.29, 0.717) is 21.7 Å². The SMILES string of the molecule is N=C(N)c1ccc2cc(C(=O)O)n(Cc3cc(NS(=O)c4ccccc4)cc4ccccc34)c2c1. The van der Waals surface area contributed by atoms with Crippen molar-refractivity contribution in [3.05, 3.63) is 108 Å². The van der Waals surface area contributed by atoms with Gasteiger partial charge in [0.25, 0.3) is 0 Å². The Hall–Kier alpha value is -4.43. The van der Waals surface area contributed by atoms with Gasteiger partial charge in [0.2, 0.25) is 0 Å². The van der Waals surface area contributed by atoms with Gasteiger partial charge in [-0.2, -0.15) is 0 Å². The smallest absolute Gasteiger partial charge is 0.352 e. The lowest BCUT2D eigenvalue weighted by Gasteiger charge is -2.15. The number of carboxylic acids is 1. The number of carbonyl (C=O) groups is 1. The Labute approximate surface area is 203 Å². The molecular formula is C27H22N4O3S. The third kappa shape index (κ3) is 4.39. The van der Waals surface area contributed by atoms with E-state index >= 15 is 0 Å². The van der Waals surface area contributed by atoms with Gasteiger partial charge in [-0.15, -0.1) is 0 Å². The molecule has 1 aromatic heterocycles. The first kappa shape index (κ1) is 22.4. The molecule has 35 heavy (non-hydrogen) atoms. The molecular weight excluding hydrogens is 460 g/mol. The van der Waals surface area contributed by atoms with Gasteiger partial charge in [0, 0.05) is 28.7 Å². The van der Waals surface area contributed by atoms with Gasteiger partial charge in [-0.3, -0.25) is 5.41 Å². The average molecular weight is 483 g/mol. The van der Waals surface area contributed by atoms with Gasteiger partial charge in [-0.05, 0) is 52.7 Å². The lowest BCUT2D eigenvalue weighted by atomic mass is 10.0. The summed E-state index contributed by atoms with van der Waals surface area (Å²) >= 11 is 0. The number of hydrogen-bond donors (Lipinski definition) is 4. The molecule has 0 aliphatic carbocycles. The Morgan fingerprint density at radius 2 is 1.69 bits per heavy atom. The highest BCUT2D eigenvalue weighted by molar-refractivity contribution is 7.86. The number of benzene rings is 4. The maximum Gasteiger partial charge on any atom is 0.352 e. The summed E-state index contributed by atoms with van der Waals surface area (Å²) in [6, 6.07) is 27.6. The van der Waals surface area contributed by atoms with Crippen molar-refractivity contribution in [2.45, 2.75) is 11.4 Å². The van der Waals surface area contributed by atoms with Crippen molar-refractivity contribution < 1.29 is 14.1 Å². The molecule has 0 fully saturated rings. The normalized spacial score (nSPS) is 12.0. The lowest BCUT2D eigenvalue weighted by molar-refractivity contribution is 0.0686. The van der Waals surface area contributed by atoms with Crippen molar-refractivity contribution in [3.8, 4) is 0 Å². The van der Waals surface area contributed by atoms with Crippen LogP contribution in [0, 0.1) is 5.41 Å². The highest BCUT2D eigenvalue weighted by Gasteiger charge is 2.17. The van der Waals surface area contributed by atoms with Crippen molar-refractivity contribution in [2.24, 2.45) is 5.73 Å². The minimum absolute atomic E-state index is 0.0865. The van der Waals surface area contributed by atoms with Crippen LogP contribution in [0.3, 0.4) is 0 Å². The Morgan fingerprint density at radius 3 is 2.43 bits per heavy atom. The van der Waals surface area contributed by atoms with E-state index in [-0.39, 0.29) is 18.1 Å². The predicted molar refractivity (Wildman–Crippen MR) is 139 cm³/mol. The van der Waals surface area contributed by atoms with Crippen molar-refractivity contribution in [3.63, 3.8) is 0 Å². The molecule has 0 saturated carbocycles. The van der Waals surface area contributed by atoms with Crippen molar-refractivity contribution >= 4 is 50.2 Å². The minimum Gasteiger partial charge on any atom is -0.477 e. The summed E-state index contributed by atoms with van der Waals surface area (Å²) in [5.41, 5.74) is 8.54. The molecule has 5 rings (SSSR count). The van der Waals surface area contributed by atoms with Gasteiger partial charge in [0.05, 0.1) is 4.90 Å². The number of hydrogen-bond acceptors (Lipinski definition) is 3. The number of nitrogen functional groups attached to an aromatic ring is 1. The first-order valence-corrected chi connectivity index (χ1v) is 12.0. The molecule has 5 aromatic rings. The second-order valence-electron chi connectivity index (χ2n) is 8.15. The van der Waals surface area contributed by atoms with Gasteiger partial charge in [-0.25, -0.2) is 9.00 Å². The van der Waals surface area contributed by atoms with Gasteiger partial charge in [0.1, 0.15) is 22.5 Å². The third-order valence-electron chi connectivity index (χ3n) is 5.88. The summed E-state index contributed by atoms with van der Waals surface area (Å²) in [5, 5.41) is 20.3. The molecule has 0 radical (unpaired) electrons. The monoisotopic (exact) mass is 482 g/mol. The van der Waals surface area contributed by atoms with Crippen LogP contribution in [0.2, 0.25) is 0 Å². The molecule has 0 saturated heterocycles. The zero-order valence-corrected chi connectivity index (χ0v) is 19.4. The van der Waals surface area contributed by atoms with Crippen molar-refractivity contribution in [1.82, 2.24) is 4.57 Å². The van der Waals surface area contributed by atoms with Crippen LogP contribution >= 0.6 is 0 Å². The van der Waals surface area contributed by atoms with E-state index < -0.39 is 17.0 Å². The van der Waals surface area contributed by atoms with Crippen molar-refractivity contribution in [2.75, 3.05) is 4.72 Å². The van der Waals surface area contributed by atoms with E-state index in [0.717, 1.165) is 21.7 Å². The van der Waals surface area contributed by atoms with Gasteiger partial charge in [0.15, 0.2) is 0 Å². The van der Waals surface area contributed by atoms with Gasteiger partial charge < -0.3 is 20.1 Å². The Bertz CT molecular complexity index is 1630. The summed E-state index contributed by atoms with van der Waals surface area (Å²) < 4.78 is 17.7. The van der Waals surface area contributed by atoms with Crippen molar-refractivity contribution in [1.29, 1.82) is 5.41 Å². The highest BCUT2D eigenvalue weighted by Crippen LogP contribution is 2.29. The summed E-state index contributed by atoms with van der Waals surface area (Å²) in [5.74, 6) is -1.13. The first-order valence-electron chi connectivity index (χ1n) is 10.9. The molecule has 5 N–H and O–H groups in total. The molecule has 0 aliphatic rings. The van der Waals surface area contributed by atoms with Crippen LogP contribution in [-0.4, -0.2) is 25.7 Å². The maximum absolute atomic E-state index is 12.9.